The summed E-state index contributed by atoms with van der Waals surface area (Å²) in [7, 11) is -7.33. The normalized spacial score (nSPS) is 20.9. The van der Waals surface area contributed by atoms with E-state index in [1.54, 1.807) is 6.07 Å². The number of carbonyl (C=O) groups excluding carboxylic acids is 1. The molecular weight excluding hydrogens is 1600 g/mol. The smallest absolute Gasteiger partial charge is 0.261 e. The van der Waals surface area contributed by atoms with Crippen LogP contribution in [0.15, 0.2) is 141 Å². The van der Waals surface area contributed by atoms with Crippen molar-refractivity contribution in [3.8, 4) is 34.2 Å². The summed E-state index contributed by atoms with van der Waals surface area (Å²) >= 11 is 0. The highest BCUT2D eigenvalue weighted by Gasteiger charge is 2.41. The Bertz CT molecular complexity index is 6240. The van der Waals surface area contributed by atoms with Gasteiger partial charge in [-0.1, -0.05) is 36.4 Å². The Labute approximate surface area is 693 Å². The van der Waals surface area contributed by atoms with Crippen LogP contribution in [0.3, 0.4) is 0 Å². The summed E-state index contributed by atoms with van der Waals surface area (Å²) < 4.78 is 104. The number of ether oxygens (including phenoxy) is 6. The zero-order chi connectivity index (χ0) is 81.0. The molecule has 15 aromatic rings. The summed E-state index contributed by atoms with van der Waals surface area (Å²) in [6.45, 7) is 14.8. The van der Waals surface area contributed by atoms with Gasteiger partial charge in [-0.3, -0.25) is 23.7 Å². The van der Waals surface area contributed by atoms with E-state index < -0.39 is 20.2 Å². The Morgan fingerprint density at radius 2 is 0.817 bits per heavy atom. The molecule has 5 N–H and O–H groups in total. The number of carbonyl (C=O) groups is 1. The number of nitrogens with zero attached hydrogens (tertiary/aromatic N) is 14. The number of aldehydes is 1. The molecule has 9 aliphatic rings. The highest BCUT2D eigenvalue weighted by Crippen LogP contribution is 2.42. The van der Waals surface area contributed by atoms with E-state index >= 15 is 0 Å². The molecule has 0 radical (unpaired) electrons. The van der Waals surface area contributed by atoms with E-state index in [2.05, 4.69) is 93.0 Å². The molecule has 24 rings (SSSR count). The maximum absolute atomic E-state index is 11.3. The van der Waals surface area contributed by atoms with Crippen LogP contribution in [-0.2, 0) is 61.7 Å². The molecule has 12 aromatic heterocycles. The summed E-state index contributed by atoms with van der Waals surface area (Å²) in [5.41, 5.74) is 14.7. The van der Waals surface area contributed by atoms with Crippen molar-refractivity contribution in [2.24, 2.45) is 5.92 Å². The molecule has 0 spiro atoms. The molecule has 1 saturated carbocycles. The molecule has 0 amide bonds. The lowest BCUT2D eigenvalue weighted by Gasteiger charge is -2.27. The van der Waals surface area contributed by atoms with Gasteiger partial charge in [0.25, 0.3) is 20.2 Å². The molecular formula is C84H88ClN17O16S2. The largest absolute Gasteiger partial charge is 0.432 e. The van der Waals surface area contributed by atoms with E-state index in [1.165, 1.54) is 36.6 Å². The molecule has 0 unspecified atom stereocenters. The minimum Gasteiger partial charge on any atom is -0.432 e. The van der Waals surface area contributed by atoms with Gasteiger partial charge in [0.05, 0.1) is 99.8 Å². The number of hydrogen-bond donors (Lipinski definition) is 5. The molecule has 624 valence electrons. The van der Waals surface area contributed by atoms with Crippen LogP contribution in [0.1, 0.15) is 53.6 Å². The number of furan rings is 3. The van der Waals surface area contributed by atoms with E-state index in [0.717, 1.165) is 186 Å². The van der Waals surface area contributed by atoms with Gasteiger partial charge in [-0.25, -0.2) is 44.9 Å². The number of pyridine rings is 3. The number of hydrogen-bond acceptors (Lipinski definition) is 28. The van der Waals surface area contributed by atoms with Gasteiger partial charge in [0, 0.05) is 176 Å². The zero-order valence-electron chi connectivity index (χ0n) is 65.7. The van der Waals surface area contributed by atoms with E-state index in [4.69, 9.17) is 90.6 Å². The first-order valence-corrected chi connectivity index (χ1v) is 43.7. The van der Waals surface area contributed by atoms with Crippen LogP contribution in [0.4, 0.5) is 17.5 Å². The summed E-state index contributed by atoms with van der Waals surface area (Å²) in [6.07, 6.45) is 21.2. The number of aromatic amines is 3. The number of rotatable bonds is 11. The van der Waals surface area contributed by atoms with Gasteiger partial charge in [0.15, 0.2) is 58.0 Å². The summed E-state index contributed by atoms with van der Waals surface area (Å²) in [5, 5.41) is 5.81. The molecule has 8 aliphatic heterocycles. The molecule has 33 nitrogen and oxygen atoms in total. The third-order valence-corrected chi connectivity index (χ3v) is 23.0. The topological polar surface area (TPSA) is 400 Å². The average Bonchev–Trinajstić information content (AvgIpc) is 1.58. The van der Waals surface area contributed by atoms with Crippen molar-refractivity contribution in [3.63, 3.8) is 0 Å². The van der Waals surface area contributed by atoms with Crippen molar-refractivity contribution >= 4 is 156 Å². The zero-order valence-corrected chi connectivity index (χ0v) is 68.2. The summed E-state index contributed by atoms with van der Waals surface area (Å²) in [6, 6.07) is 31.7. The quantitative estimate of drug-likeness (QED) is 0.0593. The van der Waals surface area contributed by atoms with Crippen LogP contribution in [0, 0.1) is 5.92 Å². The molecule has 120 heavy (non-hydrogen) atoms. The first-order valence-electron chi connectivity index (χ1n) is 40.0. The number of anilines is 3. The minimum atomic E-state index is -3.67. The monoisotopic (exact) mass is 1690 g/mol. The van der Waals surface area contributed by atoms with E-state index in [9.17, 15) is 21.6 Å². The number of nitrogens with one attached hydrogen (secondary N) is 3. The van der Waals surface area contributed by atoms with E-state index in [0.29, 0.717) is 163 Å². The fraction of sp³-hybridized carbons (Fsp3) is 0.381. The third kappa shape index (κ3) is 17.1. The van der Waals surface area contributed by atoms with Crippen molar-refractivity contribution in [2.75, 3.05) is 139 Å². The first-order chi connectivity index (χ1) is 57.9. The van der Waals surface area contributed by atoms with Crippen LogP contribution < -0.4 is 14.7 Å². The predicted octanol–water partition coefficient (Wildman–Crippen LogP) is 11.6. The van der Waals surface area contributed by atoms with E-state index in [-0.39, 0.29) is 12.4 Å². The maximum atomic E-state index is 11.3. The van der Waals surface area contributed by atoms with Gasteiger partial charge < -0.3 is 71.3 Å². The maximum Gasteiger partial charge on any atom is 0.261 e. The van der Waals surface area contributed by atoms with Crippen molar-refractivity contribution in [3.05, 3.63) is 145 Å². The van der Waals surface area contributed by atoms with Gasteiger partial charge in [-0.2, -0.15) is 16.8 Å². The molecule has 3 aromatic carbocycles. The molecule has 1 aliphatic carbocycles. The van der Waals surface area contributed by atoms with Crippen LogP contribution in [0.25, 0.3) is 133 Å². The second-order valence-electron chi connectivity index (χ2n) is 31.3. The van der Waals surface area contributed by atoms with Crippen molar-refractivity contribution in [2.45, 2.75) is 75.6 Å². The second-order valence-corrected chi connectivity index (χ2v) is 34.2. The van der Waals surface area contributed by atoms with Gasteiger partial charge >= 0.3 is 0 Å². The lowest BCUT2D eigenvalue weighted by Crippen LogP contribution is -2.37. The summed E-state index contributed by atoms with van der Waals surface area (Å²) in [5.74, 6) is 5.27. The molecule has 6 bridgehead atoms. The van der Waals surface area contributed by atoms with Crippen molar-refractivity contribution in [1.82, 2.24) is 69.6 Å². The third-order valence-electron chi connectivity index (χ3n) is 23.0. The fourth-order valence-corrected chi connectivity index (χ4v) is 17.5. The second kappa shape index (κ2) is 34.0. The predicted molar refractivity (Wildman–Crippen MR) is 454 cm³/mol. The first kappa shape index (κ1) is 80.3. The Kier molecular flexibility index (Phi) is 22.8. The lowest BCUT2D eigenvalue weighted by molar-refractivity contribution is 0.0272. The van der Waals surface area contributed by atoms with Crippen LogP contribution in [0.2, 0.25) is 0 Å². The Balaban J connectivity index is 0.000000112. The number of morpholine rings is 5. The number of likely N-dealkylation sites (tertiary alicyclic amines) is 2. The summed E-state index contributed by atoms with van der Waals surface area (Å²) in [4.78, 5) is 76.5. The molecule has 8 saturated heterocycles. The highest BCUT2D eigenvalue weighted by atomic mass is 35.5. The number of H-pyrrole nitrogens is 3. The van der Waals surface area contributed by atoms with Gasteiger partial charge in [0.2, 0.25) is 17.1 Å². The SMILES string of the molecule is C1C[C@H]2C[C@@H]1CO2.CS(=O)(=O)O.CS(=O)(=O)O.Cl.O=Cc1cnc2oc3c(N4CCOCC4)nc(-c4cccc5[nH]ccc45)nc3c2c1.c1cc(-c2nc(N3CCOCC3)c3oc4ncc(CN5C[C@H]6C[C@@H]5CO6)cc4c3n2)c2cc[nH]c2c1.c1cc(-c2nc(N3CCOCC3)c3oc4ncc(CN5C[C@H]6C[C@@H]5CO6)cc4c3n2)c2cc[nH]c2c1. The Hall–Kier alpha value is -10.8. The Morgan fingerprint density at radius 3 is 1.12 bits per heavy atom. The molecule has 9 fully saturated rings. The number of fused-ring (bicyclic) bond motifs is 18. The van der Waals surface area contributed by atoms with Crippen molar-refractivity contribution in [1.29, 1.82) is 0 Å². The lowest BCUT2D eigenvalue weighted by atomic mass is 10.1. The van der Waals surface area contributed by atoms with E-state index in [1.807, 2.05) is 67.4 Å². The Morgan fingerprint density at radius 1 is 0.450 bits per heavy atom. The molecule has 20 heterocycles. The number of halogens is 1. The van der Waals surface area contributed by atoms with Gasteiger partial charge in [-0.15, -0.1) is 12.4 Å². The van der Waals surface area contributed by atoms with Crippen LogP contribution >= 0.6 is 12.4 Å². The van der Waals surface area contributed by atoms with Crippen LogP contribution in [-0.4, -0.2) is 257 Å². The van der Waals surface area contributed by atoms with Crippen molar-refractivity contribution < 1.29 is 72.4 Å². The minimum absolute atomic E-state index is 0. The highest BCUT2D eigenvalue weighted by molar-refractivity contribution is 7.85. The fourth-order valence-electron chi connectivity index (χ4n) is 17.5. The van der Waals surface area contributed by atoms with Gasteiger partial charge in [0.1, 0.15) is 16.6 Å². The standard InChI is InChI=1S/2C27H26N6O3.C22H17N5O3.C6H10O.2CH4O3S.ClH/c2*1-2-20(19-4-5-28-22(19)3-1)25-30-23-21-10-16(13-33-14-18-11-17(33)15-35-18)12-29-27(21)36-24(23)26(31-25)32-6-8-34-9-7-32;28-12-13-10-16-18-19(30-22(16)24-11-13)21(27-6-8-29-9-7-27)26-20(25-18)15-2-1-3-17-14(15)4-5-23-17;1-2-6-3-5(1)4-7-6;2*1-5(2,3)4;/h2*1-5,10,12,17-18,28H,6-9,11,13-15H2;1-5,10-12,23H,6-9H2;5-6H,1-4H2;2*1H3,(H,2,3,4);1H/t2*17-,18-;;5-,6+;;;/m11.1.../s1. The number of benzene rings is 3. The van der Waals surface area contributed by atoms with Crippen LogP contribution in [0.5, 0.6) is 0 Å². The molecule has 36 heteroatoms. The average molecular weight is 1690 g/mol. The number of aromatic nitrogens is 12. The van der Waals surface area contributed by atoms with Gasteiger partial charge in [-0.05, 0) is 104 Å². The molecule has 6 atom stereocenters.